The van der Waals surface area contributed by atoms with Crippen LogP contribution in [0.15, 0.2) is 17.1 Å². The molecule has 0 radical (unpaired) electrons. The third kappa shape index (κ3) is 4.49. The van der Waals surface area contributed by atoms with E-state index in [1.807, 2.05) is 25.8 Å². The van der Waals surface area contributed by atoms with Gasteiger partial charge in [-0.2, -0.15) is 5.10 Å². The van der Waals surface area contributed by atoms with Crippen LogP contribution in [0.3, 0.4) is 0 Å². The Morgan fingerprint density at radius 2 is 2.22 bits per heavy atom. The lowest BCUT2D eigenvalue weighted by Gasteiger charge is -2.16. The Labute approximate surface area is 109 Å². The van der Waals surface area contributed by atoms with E-state index in [0.29, 0.717) is 6.54 Å². The van der Waals surface area contributed by atoms with Gasteiger partial charge in [-0.1, -0.05) is 6.42 Å². The molecule has 0 saturated heterocycles. The summed E-state index contributed by atoms with van der Waals surface area (Å²) in [4.78, 5) is 13.8. The minimum Gasteiger partial charge on any atom is -0.373 e. The molecule has 1 rings (SSSR count). The third-order valence-corrected chi connectivity index (χ3v) is 3.05. The van der Waals surface area contributed by atoms with Gasteiger partial charge in [-0.3, -0.25) is 4.79 Å². The Balaban J connectivity index is 2.55. The van der Waals surface area contributed by atoms with Crippen molar-refractivity contribution >= 4 is 5.69 Å². The standard InChI is InChI=1S/C13H24N4O/c1-4-16(3)12-9-13(18)17(15-10-12)8-6-5-7-11(2)14/h9-11H,4-8,14H2,1-3H3. The lowest BCUT2D eigenvalue weighted by molar-refractivity contribution is 0.503. The SMILES string of the molecule is CCN(C)c1cnn(CCCCC(C)N)c(=O)c1. The predicted octanol–water partition coefficient (Wildman–Crippen LogP) is 1.22. The van der Waals surface area contributed by atoms with Crippen LogP contribution in [0.25, 0.3) is 0 Å². The van der Waals surface area contributed by atoms with Crippen LogP contribution in [0, 0.1) is 0 Å². The van der Waals surface area contributed by atoms with Gasteiger partial charge in [0.25, 0.3) is 5.56 Å². The molecule has 1 heterocycles. The van der Waals surface area contributed by atoms with Crippen LogP contribution < -0.4 is 16.2 Å². The maximum absolute atomic E-state index is 11.8. The molecule has 5 heteroatoms. The lowest BCUT2D eigenvalue weighted by Crippen LogP contribution is -2.25. The van der Waals surface area contributed by atoms with E-state index in [0.717, 1.165) is 31.5 Å². The Hall–Kier alpha value is -1.36. The van der Waals surface area contributed by atoms with Crippen molar-refractivity contribution in [3.05, 3.63) is 22.6 Å². The molecule has 1 unspecified atom stereocenters. The number of aromatic nitrogens is 2. The smallest absolute Gasteiger partial charge is 0.268 e. The van der Waals surface area contributed by atoms with Gasteiger partial charge in [-0.05, 0) is 26.7 Å². The molecule has 0 aliphatic rings. The first-order valence-corrected chi connectivity index (χ1v) is 6.58. The van der Waals surface area contributed by atoms with Gasteiger partial charge in [0.1, 0.15) is 0 Å². The molecule has 1 atom stereocenters. The molecule has 0 spiro atoms. The van der Waals surface area contributed by atoms with Crippen molar-refractivity contribution in [3.8, 4) is 0 Å². The second-order valence-corrected chi connectivity index (χ2v) is 4.76. The molecular weight excluding hydrogens is 228 g/mol. The van der Waals surface area contributed by atoms with Crippen LogP contribution in [-0.2, 0) is 6.54 Å². The second kappa shape index (κ2) is 7.16. The Bertz CT molecular complexity index is 414. The molecule has 0 amide bonds. The molecule has 1 aromatic heterocycles. The summed E-state index contributed by atoms with van der Waals surface area (Å²) in [5, 5.41) is 4.20. The maximum Gasteiger partial charge on any atom is 0.268 e. The molecule has 5 nitrogen and oxygen atoms in total. The van der Waals surface area contributed by atoms with Gasteiger partial charge in [-0.25, -0.2) is 4.68 Å². The van der Waals surface area contributed by atoms with Crippen LogP contribution in [-0.4, -0.2) is 29.4 Å². The molecule has 0 bridgehead atoms. The molecule has 2 N–H and O–H groups in total. The Kier molecular flexibility index (Phi) is 5.85. The normalized spacial score (nSPS) is 12.4. The zero-order valence-corrected chi connectivity index (χ0v) is 11.6. The van der Waals surface area contributed by atoms with Crippen molar-refractivity contribution in [2.75, 3.05) is 18.5 Å². The molecule has 0 aromatic carbocycles. The summed E-state index contributed by atoms with van der Waals surface area (Å²) in [5.41, 5.74) is 6.52. The third-order valence-electron chi connectivity index (χ3n) is 3.05. The number of unbranched alkanes of at least 4 members (excludes halogenated alkanes) is 1. The number of hydrogen-bond donors (Lipinski definition) is 1. The van der Waals surface area contributed by atoms with Gasteiger partial charge in [0.15, 0.2) is 0 Å². The van der Waals surface area contributed by atoms with Gasteiger partial charge < -0.3 is 10.6 Å². The lowest BCUT2D eigenvalue weighted by atomic mass is 10.1. The van der Waals surface area contributed by atoms with E-state index in [1.54, 1.807) is 12.3 Å². The van der Waals surface area contributed by atoms with E-state index in [9.17, 15) is 4.79 Å². The molecule has 0 fully saturated rings. The number of anilines is 1. The van der Waals surface area contributed by atoms with Crippen LogP contribution in [0.5, 0.6) is 0 Å². The summed E-state index contributed by atoms with van der Waals surface area (Å²) in [6, 6.07) is 1.87. The number of nitrogens with zero attached hydrogens (tertiary/aromatic N) is 3. The van der Waals surface area contributed by atoms with Crippen molar-refractivity contribution in [2.45, 2.75) is 45.7 Å². The van der Waals surface area contributed by atoms with E-state index in [4.69, 9.17) is 5.73 Å². The van der Waals surface area contributed by atoms with E-state index < -0.39 is 0 Å². The monoisotopic (exact) mass is 252 g/mol. The number of aryl methyl sites for hydroxylation is 1. The van der Waals surface area contributed by atoms with Gasteiger partial charge in [0, 0.05) is 32.2 Å². The van der Waals surface area contributed by atoms with Crippen molar-refractivity contribution in [2.24, 2.45) is 5.73 Å². The van der Waals surface area contributed by atoms with Crippen LogP contribution >= 0.6 is 0 Å². The second-order valence-electron chi connectivity index (χ2n) is 4.76. The first-order chi connectivity index (χ1) is 8.54. The minimum atomic E-state index is -0.0337. The maximum atomic E-state index is 11.8. The molecule has 0 aliphatic carbocycles. The fourth-order valence-electron chi connectivity index (χ4n) is 1.71. The fraction of sp³-hybridized carbons (Fsp3) is 0.692. The average Bonchev–Trinajstić information content (AvgIpc) is 2.34. The van der Waals surface area contributed by atoms with E-state index in [-0.39, 0.29) is 11.6 Å². The largest absolute Gasteiger partial charge is 0.373 e. The summed E-state index contributed by atoms with van der Waals surface area (Å²) < 4.78 is 1.52. The molecule has 18 heavy (non-hydrogen) atoms. The quantitative estimate of drug-likeness (QED) is 0.741. The predicted molar refractivity (Wildman–Crippen MR) is 74.9 cm³/mol. The topological polar surface area (TPSA) is 64.2 Å². The number of nitrogens with two attached hydrogens (primary N) is 1. The van der Waals surface area contributed by atoms with Crippen molar-refractivity contribution in [1.82, 2.24) is 9.78 Å². The Morgan fingerprint density at radius 1 is 1.50 bits per heavy atom. The van der Waals surface area contributed by atoms with Crippen molar-refractivity contribution in [1.29, 1.82) is 0 Å². The highest BCUT2D eigenvalue weighted by atomic mass is 16.1. The van der Waals surface area contributed by atoms with E-state index in [1.165, 1.54) is 4.68 Å². The molecular formula is C13H24N4O. The highest BCUT2D eigenvalue weighted by Crippen LogP contribution is 2.06. The van der Waals surface area contributed by atoms with Crippen LogP contribution in [0.2, 0.25) is 0 Å². The van der Waals surface area contributed by atoms with Gasteiger partial charge >= 0.3 is 0 Å². The van der Waals surface area contributed by atoms with Crippen molar-refractivity contribution in [3.63, 3.8) is 0 Å². The summed E-state index contributed by atoms with van der Waals surface area (Å²) in [6.45, 7) is 5.57. The number of rotatable bonds is 7. The average molecular weight is 252 g/mol. The van der Waals surface area contributed by atoms with E-state index >= 15 is 0 Å². The Morgan fingerprint density at radius 3 is 2.78 bits per heavy atom. The highest BCUT2D eigenvalue weighted by Gasteiger charge is 2.03. The summed E-state index contributed by atoms with van der Waals surface area (Å²) in [6.07, 6.45) is 4.71. The van der Waals surface area contributed by atoms with Crippen LogP contribution in [0.1, 0.15) is 33.1 Å². The summed E-state index contributed by atoms with van der Waals surface area (Å²) in [5.74, 6) is 0. The fourth-order valence-corrected chi connectivity index (χ4v) is 1.71. The van der Waals surface area contributed by atoms with Gasteiger partial charge in [-0.15, -0.1) is 0 Å². The molecule has 0 aliphatic heterocycles. The first-order valence-electron chi connectivity index (χ1n) is 6.58. The summed E-state index contributed by atoms with van der Waals surface area (Å²) >= 11 is 0. The highest BCUT2D eigenvalue weighted by molar-refractivity contribution is 5.41. The van der Waals surface area contributed by atoms with E-state index in [2.05, 4.69) is 5.10 Å². The number of hydrogen-bond acceptors (Lipinski definition) is 4. The first kappa shape index (κ1) is 14.7. The zero-order valence-electron chi connectivity index (χ0n) is 11.6. The molecule has 102 valence electrons. The zero-order chi connectivity index (χ0) is 13.5. The summed E-state index contributed by atoms with van der Waals surface area (Å²) in [7, 11) is 1.95. The molecule has 1 aromatic rings. The molecule has 0 saturated carbocycles. The minimum absolute atomic E-state index is 0.0337. The van der Waals surface area contributed by atoms with Crippen LogP contribution in [0.4, 0.5) is 5.69 Å². The van der Waals surface area contributed by atoms with Crippen molar-refractivity contribution < 1.29 is 0 Å². The van der Waals surface area contributed by atoms with Gasteiger partial charge in [0.05, 0.1) is 11.9 Å². The van der Waals surface area contributed by atoms with Gasteiger partial charge in [0.2, 0.25) is 0 Å².